The maximum atomic E-state index is 3.59. The summed E-state index contributed by atoms with van der Waals surface area (Å²) >= 11 is 0. The lowest BCUT2D eigenvalue weighted by atomic mass is 9.88. The number of allylic oxidation sites excluding steroid dienone is 2. The van der Waals surface area contributed by atoms with Crippen LogP contribution < -0.4 is 10.6 Å². The second-order valence-corrected chi connectivity index (χ2v) is 3.97. The van der Waals surface area contributed by atoms with E-state index in [1.165, 1.54) is 31.5 Å². The Kier molecular flexibility index (Phi) is 2.35. The van der Waals surface area contributed by atoms with Gasteiger partial charge < -0.3 is 10.6 Å². The molecule has 0 aliphatic carbocycles. The number of hydrogen-bond donors (Lipinski definition) is 2. The Balaban J connectivity index is 2.01. The Labute approximate surface area is 74.4 Å². The Morgan fingerprint density at radius 3 is 3.33 bits per heavy atom. The molecule has 0 amide bonds. The van der Waals surface area contributed by atoms with Gasteiger partial charge in [-0.1, -0.05) is 6.08 Å². The minimum Gasteiger partial charge on any atom is -0.387 e. The quantitative estimate of drug-likeness (QED) is 0.566. The highest BCUT2D eigenvalue weighted by molar-refractivity contribution is 5.03. The third-order valence-electron chi connectivity index (χ3n) is 3.05. The minimum atomic E-state index is 0.715. The molecule has 2 unspecified atom stereocenters. The van der Waals surface area contributed by atoms with Crippen LogP contribution in [0.25, 0.3) is 0 Å². The summed E-state index contributed by atoms with van der Waals surface area (Å²) in [6.45, 7) is 4.49. The van der Waals surface area contributed by atoms with Crippen molar-refractivity contribution < 1.29 is 0 Å². The standard InChI is InChI=1S/C10H18N2/c1-8-4-5-9-3-2-6-11-10(9)7-12-8/h4,9-12H,2-3,5-7H2,1H3. The number of rotatable bonds is 0. The van der Waals surface area contributed by atoms with E-state index in [0.29, 0.717) is 6.04 Å². The van der Waals surface area contributed by atoms with Gasteiger partial charge in [-0.2, -0.15) is 0 Å². The Morgan fingerprint density at radius 2 is 2.42 bits per heavy atom. The fraction of sp³-hybridized carbons (Fsp3) is 0.800. The van der Waals surface area contributed by atoms with Crippen LogP contribution >= 0.6 is 0 Å². The van der Waals surface area contributed by atoms with E-state index < -0.39 is 0 Å². The molecule has 2 rings (SSSR count). The van der Waals surface area contributed by atoms with E-state index in [4.69, 9.17) is 0 Å². The molecule has 0 aromatic heterocycles. The summed E-state index contributed by atoms with van der Waals surface area (Å²) in [6.07, 6.45) is 6.37. The average molecular weight is 166 g/mol. The summed E-state index contributed by atoms with van der Waals surface area (Å²) in [5.41, 5.74) is 1.35. The summed E-state index contributed by atoms with van der Waals surface area (Å²) < 4.78 is 0. The van der Waals surface area contributed by atoms with Crippen LogP contribution in [0.15, 0.2) is 11.8 Å². The van der Waals surface area contributed by atoms with Gasteiger partial charge in [0.15, 0.2) is 0 Å². The van der Waals surface area contributed by atoms with Gasteiger partial charge in [-0.25, -0.2) is 0 Å². The van der Waals surface area contributed by atoms with Crippen molar-refractivity contribution in [3.05, 3.63) is 11.8 Å². The normalized spacial score (nSPS) is 35.9. The van der Waals surface area contributed by atoms with Crippen LogP contribution in [0.3, 0.4) is 0 Å². The number of piperidine rings is 1. The number of fused-ring (bicyclic) bond motifs is 1. The summed E-state index contributed by atoms with van der Waals surface area (Å²) in [5.74, 6) is 0.878. The van der Waals surface area contributed by atoms with E-state index in [2.05, 4.69) is 23.6 Å². The highest BCUT2D eigenvalue weighted by atomic mass is 15.0. The van der Waals surface area contributed by atoms with Crippen LogP contribution in [0.4, 0.5) is 0 Å². The predicted molar refractivity (Wildman–Crippen MR) is 50.9 cm³/mol. The molecule has 2 aliphatic heterocycles. The smallest absolute Gasteiger partial charge is 0.0300 e. The van der Waals surface area contributed by atoms with Gasteiger partial charge in [0.25, 0.3) is 0 Å². The van der Waals surface area contributed by atoms with E-state index in [1.807, 2.05) is 0 Å². The maximum Gasteiger partial charge on any atom is 0.0300 e. The third-order valence-corrected chi connectivity index (χ3v) is 3.05. The van der Waals surface area contributed by atoms with Gasteiger partial charge in [0, 0.05) is 18.3 Å². The molecule has 0 spiro atoms. The fourth-order valence-corrected chi connectivity index (χ4v) is 2.21. The monoisotopic (exact) mass is 166 g/mol. The lowest BCUT2D eigenvalue weighted by Gasteiger charge is -2.30. The average Bonchev–Trinajstić information content (AvgIpc) is 2.29. The Morgan fingerprint density at radius 1 is 1.50 bits per heavy atom. The lowest BCUT2D eigenvalue weighted by Crippen LogP contribution is -2.46. The summed E-state index contributed by atoms with van der Waals surface area (Å²) in [7, 11) is 0. The van der Waals surface area contributed by atoms with Crippen LogP contribution in [-0.4, -0.2) is 19.1 Å². The molecule has 2 nitrogen and oxygen atoms in total. The highest BCUT2D eigenvalue weighted by Gasteiger charge is 2.24. The van der Waals surface area contributed by atoms with Crippen LogP contribution in [0.1, 0.15) is 26.2 Å². The van der Waals surface area contributed by atoms with Crippen molar-refractivity contribution in [3.63, 3.8) is 0 Å². The topological polar surface area (TPSA) is 24.1 Å². The van der Waals surface area contributed by atoms with Crippen molar-refractivity contribution in [1.82, 2.24) is 10.6 Å². The molecule has 12 heavy (non-hydrogen) atoms. The number of nitrogens with one attached hydrogen (secondary N) is 2. The van der Waals surface area contributed by atoms with Gasteiger partial charge in [0.1, 0.15) is 0 Å². The first-order valence-corrected chi connectivity index (χ1v) is 5.00. The lowest BCUT2D eigenvalue weighted by molar-refractivity contribution is 0.284. The molecular formula is C10H18N2. The molecule has 0 bridgehead atoms. The van der Waals surface area contributed by atoms with E-state index >= 15 is 0 Å². The fourth-order valence-electron chi connectivity index (χ4n) is 2.21. The van der Waals surface area contributed by atoms with Crippen LogP contribution in [0.2, 0.25) is 0 Å². The molecule has 2 heteroatoms. The Hall–Kier alpha value is -0.500. The molecule has 0 aromatic rings. The molecule has 1 saturated heterocycles. The molecule has 0 aromatic carbocycles. The van der Waals surface area contributed by atoms with E-state index in [-0.39, 0.29) is 0 Å². The van der Waals surface area contributed by atoms with Gasteiger partial charge >= 0.3 is 0 Å². The molecule has 0 radical (unpaired) electrons. The summed E-state index contributed by atoms with van der Waals surface area (Å²) in [6, 6.07) is 0.715. The van der Waals surface area contributed by atoms with Gasteiger partial charge in [-0.05, 0) is 38.6 Å². The third kappa shape index (κ3) is 1.63. The molecule has 2 aliphatic rings. The first kappa shape index (κ1) is 8.11. The van der Waals surface area contributed by atoms with Crippen LogP contribution in [0, 0.1) is 5.92 Å². The zero-order valence-corrected chi connectivity index (χ0v) is 7.77. The van der Waals surface area contributed by atoms with Crippen molar-refractivity contribution in [1.29, 1.82) is 0 Å². The first-order valence-electron chi connectivity index (χ1n) is 5.00. The van der Waals surface area contributed by atoms with Crippen molar-refractivity contribution >= 4 is 0 Å². The van der Waals surface area contributed by atoms with Gasteiger partial charge in [0.2, 0.25) is 0 Å². The van der Waals surface area contributed by atoms with Crippen LogP contribution in [-0.2, 0) is 0 Å². The highest BCUT2D eigenvalue weighted by Crippen LogP contribution is 2.22. The van der Waals surface area contributed by atoms with Gasteiger partial charge in [-0.3, -0.25) is 0 Å². The minimum absolute atomic E-state index is 0.715. The second-order valence-electron chi connectivity index (χ2n) is 3.97. The van der Waals surface area contributed by atoms with Crippen molar-refractivity contribution in [2.75, 3.05) is 13.1 Å². The summed E-state index contributed by atoms with van der Waals surface area (Å²) in [5, 5.41) is 7.03. The van der Waals surface area contributed by atoms with E-state index in [0.717, 1.165) is 12.5 Å². The van der Waals surface area contributed by atoms with Crippen molar-refractivity contribution in [2.45, 2.75) is 32.2 Å². The molecule has 68 valence electrons. The molecule has 0 saturated carbocycles. The zero-order chi connectivity index (χ0) is 8.39. The summed E-state index contributed by atoms with van der Waals surface area (Å²) in [4.78, 5) is 0. The molecule has 2 heterocycles. The molecule has 2 N–H and O–H groups in total. The predicted octanol–water partition coefficient (Wildman–Crippen LogP) is 1.25. The number of hydrogen-bond acceptors (Lipinski definition) is 2. The largest absolute Gasteiger partial charge is 0.387 e. The van der Waals surface area contributed by atoms with Crippen molar-refractivity contribution in [3.8, 4) is 0 Å². The van der Waals surface area contributed by atoms with Crippen LogP contribution in [0.5, 0.6) is 0 Å². The van der Waals surface area contributed by atoms with E-state index in [9.17, 15) is 0 Å². The van der Waals surface area contributed by atoms with E-state index in [1.54, 1.807) is 0 Å². The van der Waals surface area contributed by atoms with Gasteiger partial charge in [0.05, 0.1) is 0 Å². The molecule has 2 atom stereocenters. The first-order chi connectivity index (χ1) is 5.86. The zero-order valence-electron chi connectivity index (χ0n) is 7.77. The maximum absolute atomic E-state index is 3.59. The van der Waals surface area contributed by atoms with Crippen molar-refractivity contribution in [2.24, 2.45) is 5.92 Å². The second kappa shape index (κ2) is 3.48. The molecular weight excluding hydrogens is 148 g/mol. The Bertz CT molecular complexity index is 186. The molecule has 1 fully saturated rings. The SMILES string of the molecule is CC1=CCC2CCCNC2CN1. The van der Waals surface area contributed by atoms with Gasteiger partial charge in [-0.15, -0.1) is 0 Å².